The van der Waals surface area contributed by atoms with E-state index in [0.717, 1.165) is 22.5 Å². The van der Waals surface area contributed by atoms with Crippen LogP contribution in [0.15, 0.2) is 109 Å². The molecule has 32 heavy (non-hydrogen) atoms. The van der Waals surface area contributed by atoms with Gasteiger partial charge < -0.3 is 10.6 Å². The van der Waals surface area contributed by atoms with Crippen molar-refractivity contribution in [2.45, 2.75) is 11.1 Å². The Labute approximate surface area is 185 Å². The maximum Gasteiger partial charge on any atom is 0.198 e. The molecular weight excluding hydrogens is 396 g/mol. The largest absolute Gasteiger partial charge is 0.366 e. The van der Waals surface area contributed by atoms with Crippen molar-refractivity contribution in [1.29, 1.82) is 0 Å². The topological polar surface area (TPSA) is 58.2 Å². The van der Waals surface area contributed by atoms with E-state index in [-0.39, 0.29) is 11.6 Å². The van der Waals surface area contributed by atoms with Crippen LogP contribution in [0.2, 0.25) is 0 Å². The Balaban J connectivity index is 1.72. The van der Waals surface area contributed by atoms with Crippen LogP contribution in [0.4, 0.5) is 11.4 Å². The number of hydrogen-bond acceptors (Lipinski definition) is 4. The first-order chi connectivity index (χ1) is 15.7. The molecule has 0 bridgehead atoms. The maximum atomic E-state index is 14.3. The average Bonchev–Trinajstić information content (AvgIpc) is 3.34. The van der Waals surface area contributed by atoms with Crippen LogP contribution in [0.5, 0.6) is 0 Å². The van der Waals surface area contributed by atoms with E-state index < -0.39 is 11.1 Å². The summed E-state index contributed by atoms with van der Waals surface area (Å²) in [6.45, 7) is 0. The monoisotopic (exact) mass is 416 g/mol. The summed E-state index contributed by atoms with van der Waals surface area (Å²) in [5.41, 5.74) is 1.35. The third-order valence-corrected chi connectivity index (χ3v) is 6.65. The first kappa shape index (κ1) is 18.6. The van der Waals surface area contributed by atoms with E-state index in [4.69, 9.17) is 0 Å². The number of carbonyl (C=O) groups excluding carboxylic acids is 2. The Morgan fingerprint density at radius 2 is 0.781 bits per heavy atom. The predicted molar refractivity (Wildman–Crippen MR) is 125 cm³/mol. The van der Waals surface area contributed by atoms with Crippen molar-refractivity contribution in [1.82, 2.24) is 0 Å². The number of rotatable bonds is 3. The van der Waals surface area contributed by atoms with Gasteiger partial charge in [-0.25, -0.2) is 0 Å². The molecule has 154 valence electrons. The molecule has 2 heterocycles. The van der Waals surface area contributed by atoms with Gasteiger partial charge in [0.1, 0.15) is 0 Å². The SMILES string of the molecule is O=C1c2ccccc2NC1(c1ccccc1)C1(c2ccccc2)Nc2ccccc2C1=O. The van der Waals surface area contributed by atoms with Gasteiger partial charge in [0.05, 0.1) is 0 Å². The summed E-state index contributed by atoms with van der Waals surface area (Å²) in [5.74, 6) is -0.256. The molecule has 4 aromatic carbocycles. The highest BCUT2D eigenvalue weighted by Gasteiger charge is 2.67. The molecule has 4 aromatic rings. The van der Waals surface area contributed by atoms with Crippen LogP contribution in [-0.2, 0) is 11.1 Å². The Kier molecular flexibility index (Phi) is 3.87. The fourth-order valence-electron chi connectivity index (χ4n) is 5.25. The van der Waals surface area contributed by atoms with Gasteiger partial charge in [0.15, 0.2) is 22.6 Å². The molecule has 2 aliphatic rings. The molecule has 0 fully saturated rings. The molecule has 4 heteroatoms. The Morgan fingerprint density at radius 1 is 0.438 bits per heavy atom. The van der Waals surface area contributed by atoms with Crippen LogP contribution in [0.3, 0.4) is 0 Å². The second-order valence-electron chi connectivity index (χ2n) is 8.23. The summed E-state index contributed by atoms with van der Waals surface area (Å²) >= 11 is 0. The van der Waals surface area contributed by atoms with Crippen molar-refractivity contribution in [3.63, 3.8) is 0 Å². The highest BCUT2D eigenvalue weighted by atomic mass is 16.1. The normalized spacial score (nSPS) is 23.2. The molecule has 0 aliphatic carbocycles. The number of fused-ring (bicyclic) bond motifs is 2. The smallest absolute Gasteiger partial charge is 0.198 e. The molecule has 0 radical (unpaired) electrons. The molecule has 2 unspecified atom stereocenters. The van der Waals surface area contributed by atoms with Crippen LogP contribution >= 0.6 is 0 Å². The fraction of sp³-hybridized carbons (Fsp3) is 0.0714. The Morgan fingerprint density at radius 3 is 1.16 bits per heavy atom. The van der Waals surface area contributed by atoms with Crippen LogP contribution in [0.25, 0.3) is 0 Å². The number of para-hydroxylation sites is 2. The number of nitrogens with one attached hydrogen (secondary N) is 2. The summed E-state index contributed by atoms with van der Waals surface area (Å²) < 4.78 is 0. The number of Topliss-reactive ketones (excluding diaryl/α,β-unsaturated/α-hetero) is 2. The minimum Gasteiger partial charge on any atom is -0.366 e. The van der Waals surface area contributed by atoms with Gasteiger partial charge in [-0.05, 0) is 35.4 Å². The summed E-state index contributed by atoms with van der Waals surface area (Å²) in [6, 6.07) is 34.0. The van der Waals surface area contributed by atoms with Crippen LogP contribution in [-0.4, -0.2) is 11.6 Å². The molecule has 4 nitrogen and oxygen atoms in total. The van der Waals surface area contributed by atoms with Gasteiger partial charge in [0.2, 0.25) is 0 Å². The van der Waals surface area contributed by atoms with Gasteiger partial charge in [-0.1, -0.05) is 84.9 Å². The highest BCUT2D eigenvalue weighted by Crippen LogP contribution is 2.55. The summed E-state index contributed by atoms with van der Waals surface area (Å²) in [4.78, 5) is 28.7. The molecule has 0 amide bonds. The zero-order valence-corrected chi connectivity index (χ0v) is 17.2. The summed E-state index contributed by atoms with van der Waals surface area (Å²) in [7, 11) is 0. The van der Waals surface area contributed by atoms with Crippen molar-refractivity contribution < 1.29 is 9.59 Å². The van der Waals surface area contributed by atoms with E-state index in [1.807, 2.05) is 109 Å². The van der Waals surface area contributed by atoms with E-state index in [0.29, 0.717) is 11.1 Å². The molecule has 0 spiro atoms. The first-order valence-electron chi connectivity index (χ1n) is 10.6. The molecule has 2 atom stereocenters. The van der Waals surface area contributed by atoms with Gasteiger partial charge in [-0.3, -0.25) is 9.59 Å². The lowest BCUT2D eigenvalue weighted by molar-refractivity contribution is 0.0742. The second-order valence-corrected chi connectivity index (χ2v) is 8.23. The number of carbonyl (C=O) groups is 2. The Hall–Kier alpha value is -4.18. The standard InChI is InChI=1S/C28H20N2O2/c31-25-21-15-7-9-17-23(21)29-27(25,19-11-3-1-4-12-19)28(20-13-5-2-6-14-20)26(32)22-16-8-10-18-24(22)30-28/h1-18,29-30H. The molecule has 0 aromatic heterocycles. The third-order valence-electron chi connectivity index (χ3n) is 6.65. The van der Waals surface area contributed by atoms with Crippen molar-refractivity contribution >= 4 is 22.9 Å². The molecule has 2 N–H and O–H groups in total. The number of anilines is 2. The van der Waals surface area contributed by atoms with Crippen molar-refractivity contribution in [3.8, 4) is 0 Å². The Bertz CT molecular complexity index is 1260. The van der Waals surface area contributed by atoms with E-state index in [1.54, 1.807) is 0 Å². The molecule has 2 aliphatic heterocycles. The summed E-state index contributed by atoms with van der Waals surface area (Å²) in [6.07, 6.45) is 0. The van der Waals surface area contributed by atoms with E-state index in [2.05, 4.69) is 10.6 Å². The quantitative estimate of drug-likeness (QED) is 0.470. The van der Waals surface area contributed by atoms with Gasteiger partial charge in [-0.2, -0.15) is 0 Å². The predicted octanol–water partition coefficient (Wildman–Crippen LogP) is 5.39. The maximum absolute atomic E-state index is 14.3. The van der Waals surface area contributed by atoms with Crippen molar-refractivity contribution in [3.05, 3.63) is 131 Å². The first-order valence-corrected chi connectivity index (χ1v) is 10.6. The summed E-state index contributed by atoms with van der Waals surface area (Å²) in [5, 5.41) is 7.06. The number of ketones is 2. The van der Waals surface area contributed by atoms with Gasteiger partial charge >= 0.3 is 0 Å². The van der Waals surface area contributed by atoms with Crippen molar-refractivity contribution in [2.75, 3.05) is 10.6 Å². The van der Waals surface area contributed by atoms with E-state index >= 15 is 0 Å². The lowest BCUT2D eigenvalue weighted by Gasteiger charge is -2.45. The minimum absolute atomic E-state index is 0.128. The minimum atomic E-state index is -1.37. The molecular formula is C28H20N2O2. The van der Waals surface area contributed by atoms with Crippen LogP contribution in [0, 0.1) is 0 Å². The molecule has 0 saturated carbocycles. The van der Waals surface area contributed by atoms with Gasteiger partial charge in [-0.15, -0.1) is 0 Å². The highest BCUT2D eigenvalue weighted by molar-refractivity contribution is 6.24. The van der Waals surface area contributed by atoms with E-state index in [1.165, 1.54) is 0 Å². The van der Waals surface area contributed by atoms with Crippen molar-refractivity contribution in [2.24, 2.45) is 0 Å². The van der Waals surface area contributed by atoms with Crippen LogP contribution < -0.4 is 10.6 Å². The van der Waals surface area contributed by atoms with E-state index in [9.17, 15) is 9.59 Å². The zero-order chi connectivity index (χ0) is 21.8. The number of hydrogen-bond donors (Lipinski definition) is 2. The third kappa shape index (κ3) is 2.21. The number of benzene rings is 4. The zero-order valence-electron chi connectivity index (χ0n) is 17.2. The average molecular weight is 416 g/mol. The fourth-order valence-corrected chi connectivity index (χ4v) is 5.25. The lowest BCUT2D eigenvalue weighted by atomic mass is 9.64. The lowest BCUT2D eigenvalue weighted by Crippen LogP contribution is -2.63. The molecule has 0 saturated heterocycles. The van der Waals surface area contributed by atoms with Gasteiger partial charge in [0, 0.05) is 22.5 Å². The molecule has 6 rings (SSSR count). The second kappa shape index (κ2) is 6.66. The van der Waals surface area contributed by atoms with Gasteiger partial charge in [0.25, 0.3) is 0 Å². The van der Waals surface area contributed by atoms with Crippen LogP contribution in [0.1, 0.15) is 31.8 Å².